The fraction of sp³-hybridized carbons (Fsp3) is 0.308. The molecule has 0 N–H and O–H groups in total. The Morgan fingerprint density at radius 2 is 2.06 bits per heavy atom. The Hall–Kier alpha value is -2.17. The number of benzene rings is 1. The van der Waals surface area contributed by atoms with Gasteiger partial charge in [-0.25, -0.2) is 4.68 Å². The summed E-state index contributed by atoms with van der Waals surface area (Å²) in [6, 6.07) is 7.88. The van der Waals surface area contributed by atoms with Crippen LogP contribution in [-0.4, -0.2) is 27.3 Å². The Morgan fingerprint density at radius 3 is 2.72 bits per heavy atom. The lowest BCUT2D eigenvalue weighted by Gasteiger charge is -2.04. The Bertz CT molecular complexity index is 516. The van der Waals surface area contributed by atoms with Gasteiger partial charge in [-0.1, -0.05) is 25.1 Å². The van der Waals surface area contributed by atoms with E-state index in [1.165, 1.54) is 0 Å². The predicted octanol–water partition coefficient (Wildman–Crippen LogP) is 2.15. The van der Waals surface area contributed by atoms with E-state index in [9.17, 15) is 0 Å². The molecule has 0 aliphatic carbocycles. The van der Waals surface area contributed by atoms with Crippen molar-refractivity contribution in [3.05, 3.63) is 41.7 Å². The van der Waals surface area contributed by atoms with Crippen LogP contribution in [0.1, 0.15) is 24.7 Å². The molecular formula is C13H16N4O. The van der Waals surface area contributed by atoms with Crippen molar-refractivity contribution in [2.75, 3.05) is 7.11 Å². The molecule has 1 aromatic carbocycles. The van der Waals surface area contributed by atoms with Gasteiger partial charge in [-0.2, -0.15) is 0 Å². The molecule has 0 amide bonds. The van der Waals surface area contributed by atoms with E-state index >= 15 is 0 Å². The SMILES string of the molecule is CC/C=C\c1nnnn1Cc1ccc(OC)cc1. The third-order valence-electron chi connectivity index (χ3n) is 2.55. The molecule has 0 saturated carbocycles. The number of rotatable bonds is 5. The minimum Gasteiger partial charge on any atom is -0.497 e. The topological polar surface area (TPSA) is 52.8 Å². The Morgan fingerprint density at radius 1 is 1.28 bits per heavy atom. The van der Waals surface area contributed by atoms with E-state index in [4.69, 9.17) is 4.74 Å². The minimum atomic E-state index is 0.653. The van der Waals surface area contributed by atoms with Crippen molar-refractivity contribution in [1.29, 1.82) is 0 Å². The Balaban J connectivity index is 2.13. The molecule has 0 radical (unpaired) electrons. The molecule has 0 unspecified atom stereocenters. The summed E-state index contributed by atoms with van der Waals surface area (Å²) in [6.45, 7) is 2.73. The summed E-state index contributed by atoms with van der Waals surface area (Å²) >= 11 is 0. The summed E-state index contributed by atoms with van der Waals surface area (Å²) in [5, 5.41) is 11.6. The van der Waals surface area contributed by atoms with Crippen molar-refractivity contribution in [2.24, 2.45) is 0 Å². The molecule has 94 valence electrons. The second-order valence-electron chi connectivity index (χ2n) is 3.85. The number of ether oxygens (including phenoxy) is 1. The first-order chi connectivity index (χ1) is 8.83. The van der Waals surface area contributed by atoms with Crippen LogP contribution in [0.25, 0.3) is 6.08 Å². The molecule has 0 bridgehead atoms. The van der Waals surface area contributed by atoms with Crippen LogP contribution in [0.15, 0.2) is 30.3 Å². The smallest absolute Gasteiger partial charge is 0.174 e. The molecule has 1 heterocycles. The van der Waals surface area contributed by atoms with E-state index in [0.717, 1.165) is 23.6 Å². The lowest BCUT2D eigenvalue weighted by atomic mass is 10.2. The first kappa shape index (κ1) is 12.3. The highest BCUT2D eigenvalue weighted by Crippen LogP contribution is 2.12. The van der Waals surface area contributed by atoms with Crippen LogP contribution in [0.2, 0.25) is 0 Å². The van der Waals surface area contributed by atoms with Crippen molar-refractivity contribution in [3.63, 3.8) is 0 Å². The minimum absolute atomic E-state index is 0.653. The van der Waals surface area contributed by atoms with Gasteiger partial charge in [0.2, 0.25) is 0 Å². The largest absolute Gasteiger partial charge is 0.497 e. The molecule has 18 heavy (non-hydrogen) atoms. The van der Waals surface area contributed by atoms with Crippen LogP contribution < -0.4 is 4.74 Å². The third kappa shape index (κ3) is 2.94. The summed E-state index contributed by atoms with van der Waals surface area (Å²) in [7, 11) is 1.66. The lowest BCUT2D eigenvalue weighted by molar-refractivity contribution is 0.414. The van der Waals surface area contributed by atoms with Crippen LogP contribution in [0.3, 0.4) is 0 Å². The molecule has 1 aromatic heterocycles. The maximum absolute atomic E-state index is 5.12. The maximum atomic E-state index is 5.12. The Kier molecular flexibility index (Phi) is 4.06. The maximum Gasteiger partial charge on any atom is 0.174 e. The van der Waals surface area contributed by atoms with Crippen LogP contribution >= 0.6 is 0 Å². The van der Waals surface area contributed by atoms with E-state index in [-0.39, 0.29) is 0 Å². The van der Waals surface area contributed by atoms with Gasteiger partial charge < -0.3 is 4.74 Å². The number of hydrogen-bond acceptors (Lipinski definition) is 4. The van der Waals surface area contributed by atoms with Crippen LogP contribution in [0.4, 0.5) is 0 Å². The summed E-state index contributed by atoms with van der Waals surface area (Å²) in [5.41, 5.74) is 1.13. The zero-order valence-corrected chi connectivity index (χ0v) is 10.6. The number of aromatic nitrogens is 4. The monoisotopic (exact) mass is 244 g/mol. The molecule has 5 nitrogen and oxygen atoms in total. The van der Waals surface area contributed by atoms with Gasteiger partial charge in [0.05, 0.1) is 13.7 Å². The van der Waals surface area contributed by atoms with Gasteiger partial charge in [0.15, 0.2) is 5.82 Å². The van der Waals surface area contributed by atoms with Gasteiger partial charge in [-0.3, -0.25) is 0 Å². The van der Waals surface area contributed by atoms with Crippen molar-refractivity contribution in [2.45, 2.75) is 19.9 Å². The third-order valence-corrected chi connectivity index (χ3v) is 2.55. The van der Waals surface area contributed by atoms with Crippen molar-refractivity contribution >= 4 is 6.08 Å². The molecule has 0 fully saturated rings. The van der Waals surface area contributed by atoms with Crippen LogP contribution in [0.5, 0.6) is 5.75 Å². The average molecular weight is 244 g/mol. The van der Waals surface area contributed by atoms with Crippen molar-refractivity contribution in [3.8, 4) is 5.75 Å². The predicted molar refractivity (Wildman–Crippen MR) is 69.2 cm³/mol. The molecule has 2 rings (SSSR count). The Labute approximate surface area is 106 Å². The highest BCUT2D eigenvalue weighted by Gasteiger charge is 2.03. The quantitative estimate of drug-likeness (QED) is 0.808. The molecular weight excluding hydrogens is 228 g/mol. The fourth-order valence-corrected chi connectivity index (χ4v) is 1.57. The van der Waals surface area contributed by atoms with Gasteiger partial charge in [0.25, 0.3) is 0 Å². The number of methoxy groups -OCH3 is 1. The zero-order valence-electron chi connectivity index (χ0n) is 10.6. The van der Waals surface area contributed by atoms with E-state index in [1.54, 1.807) is 11.8 Å². The van der Waals surface area contributed by atoms with E-state index < -0.39 is 0 Å². The summed E-state index contributed by atoms with van der Waals surface area (Å²) in [4.78, 5) is 0. The number of allylic oxidation sites excluding steroid dienone is 1. The zero-order chi connectivity index (χ0) is 12.8. The summed E-state index contributed by atoms with van der Waals surface area (Å²) < 4.78 is 6.89. The van der Waals surface area contributed by atoms with Crippen LogP contribution in [0, 0.1) is 0 Å². The standard InChI is InChI=1S/C13H16N4O/c1-3-4-5-13-14-15-16-17(13)10-11-6-8-12(18-2)9-7-11/h4-9H,3,10H2,1-2H3/b5-4-. The first-order valence-electron chi connectivity index (χ1n) is 5.89. The van der Waals surface area contributed by atoms with Gasteiger partial charge in [0, 0.05) is 0 Å². The molecule has 0 saturated heterocycles. The van der Waals surface area contributed by atoms with Crippen LogP contribution in [-0.2, 0) is 6.54 Å². The highest BCUT2D eigenvalue weighted by molar-refractivity contribution is 5.39. The van der Waals surface area contributed by atoms with Gasteiger partial charge in [-0.05, 0) is 40.6 Å². The molecule has 2 aromatic rings. The van der Waals surface area contributed by atoms with E-state index in [0.29, 0.717) is 6.54 Å². The molecule has 0 atom stereocenters. The van der Waals surface area contributed by atoms with Gasteiger partial charge in [-0.15, -0.1) is 5.10 Å². The number of nitrogens with zero attached hydrogens (tertiary/aromatic N) is 4. The highest BCUT2D eigenvalue weighted by atomic mass is 16.5. The van der Waals surface area contributed by atoms with Crippen molar-refractivity contribution in [1.82, 2.24) is 20.2 Å². The van der Waals surface area contributed by atoms with Gasteiger partial charge >= 0.3 is 0 Å². The number of hydrogen-bond donors (Lipinski definition) is 0. The van der Waals surface area contributed by atoms with E-state index in [2.05, 4.69) is 22.4 Å². The normalized spacial score (nSPS) is 11.0. The second-order valence-corrected chi connectivity index (χ2v) is 3.85. The fourth-order valence-electron chi connectivity index (χ4n) is 1.57. The van der Waals surface area contributed by atoms with E-state index in [1.807, 2.05) is 36.4 Å². The summed E-state index contributed by atoms with van der Waals surface area (Å²) in [5.74, 6) is 1.62. The average Bonchev–Trinajstić information content (AvgIpc) is 2.84. The van der Waals surface area contributed by atoms with Crippen molar-refractivity contribution < 1.29 is 4.74 Å². The summed E-state index contributed by atoms with van der Waals surface area (Å²) in [6.07, 6.45) is 4.94. The van der Waals surface area contributed by atoms with Gasteiger partial charge in [0.1, 0.15) is 5.75 Å². The lowest BCUT2D eigenvalue weighted by Crippen LogP contribution is -2.04. The molecule has 0 aliphatic rings. The first-order valence-corrected chi connectivity index (χ1v) is 5.89. The molecule has 0 aliphatic heterocycles. The molecule has 0 spiro atoms. The number of tetrazole rings is 1. The molecule has 5 heteroatoms. The second kappa shape index (κ2) is 5.95.